The Hall–Kier alpha value is -1.95. The molecule has 194 valence electrons. The zero-order valence-electron chi connectivity index (χ0n) is 23.0. The molecule has 3 fully saturated rings. The van der Waals surface area contributed by atoms with Crippen molar-refractivity contribution in [2.45, 2.75) is 62.9 Å². The molecule has 4 radical (unpaired) electrons. The Labute approximate surface area is 226 Å². The van der Waals surface area contributed by atoms with Crippen molar-refractivity contribution in [3.8, 4) is 11.5 Å². The van der Waals surface area contributed by atoms with Crippen molar-refractivity contribution in [2.24, 2.45) is 5.41 Å². The van der Waals surface area contributed by atoms with Crippen molar-refractivity contribution in [3.05, 3.63) is 59.2 Å². The third kappa shape index (κ3) is 5.07. The maximum atomic E-state index is 6.93. The molecule has 2 aromatic carbocycles. The van der Waals surface area contributed by atoms with Crippen molar-refractivity contribution >= 4 is 15.7 Å². The summed E-state index contributed by atoms with van der Waals surface area (Å²) in [6, 6.07) is 15.6. The number of hydrogen-bond donors (Lipinski definition) is 1. The van der Waals surface area contributed by atoms with Gasteiger partial charge >= 0.3 is 0 Å². The number of rotatable bonds is 7. The zero-order valence-corrected chi connectivity index (χ0v) is 23.0. The Morgan fingerprint density at radius 1 is 0.973 bits per heavy atom. The van der Waals surface area contributed by atoms with Crippen LogP contribution in [0.2, 0.25) is 0 Å². The summed E-state index contributed by atoms with van der Waals surface area (Å²) in [5.41, 5.74) is 4.20. The van der Waals surface area contributed by atoms with E-state index in [4.69, 9.17) is 25.2 Å². The molecule has 0 bridgehead atoms. The van der Waals surface area contributed by atoms with Crippen molar-refractivity contribution < 1.29 is 9.47 Å². The van der Waals surface area contributed by atoms with E-state index in [0.29, 0.717) is 28.9 Å². The second-order valence-electron chi connectivity index (χ2n) is 11.7. The number of methoxy groups -OCH3 is 2. The van der Waals surface area contributed by atoms with E-state index < -0.39 is 5.34 Å². The van der Waals surface area contributed by atoms with E-state index in [1.165, 1.54) is 36.8 Å². The predicted octanol–water partition coefficient (Wildman–Crippen LogP) is 4.17. The van der Waals surface area contributed by atoms with Gasteiger partial charge in [0.25, 0.3) is 0 Å². The van der Waals surface area contributed by atoms with E-state index >= 15 is 0 Å². The molecule has 1 aliphatic carbocycles. The Kier molecular flexibility index (Phi) is 7.68. The second kappa shape index (κ2) is 10.7. The maximum absolute atomic E-state index is 6.93. The lowest BCUT2D eigenvalue weighted by Gasteiger charge is -2.59. The first kappa shape index (κ1) is 26.6. The maximum Gasteiger partial charge on any atom is 0.160 e. The minimum Gasteiger partial charge on any atom is -0.493 e. The van der Waals surface area contributed by atoms with Crippen LogP contribution in [0, 0.1) is 5.41 Å². The third-order valence-electron chi connectivity index (χ3n) is 9.24. The van der Waals surface area contributed by atoms with Crippen LogP contribution < -0.4 is 14.8 Å². The van der Waals surface area contributed by atoms with Crippen molar-refractivity contribution in [3.63, 3.8) is 0 Å². The lowest BCUT2D eigenvalue weighted by atomic mass is 9.56. The summed E-state index contributed by atoms with van der Waals surface area (Å²) in [6.45, 7) is 9.47. The van der Waals surface area contributed by atoms with Gasteiger partial charge in [-0.3, -0.25) is 4.90 Å². The summed E-state index contributed by atoms with van der Waals surface area (Å²) in [6.07, 6.45) is 5.23. The van der Waals surface area contributed by atoms with Gasteiger partial charge in [0.15, 0.2) is 11.5 Å². The van der Waals surface area contributed by atoms with E-state index in [-0.39, 0.29) is 6.04 Å². The van der Waals surface area contributed by atoms with Crippen molar-refractivity contribution in [2.75, 3.05) is 46.9 Å². The second-order valence-corrected chi connectivity index (χ2v) is 11.7. The first-order valence-electron chi connectivity index (χ1n) is 13.9. The number of nitrogens with one attached hydrogen (secondary N) is 1. The van der Waals surface area contributed by atoms with Crippen LogP contribution in [0.1, 0.15) is 68.2 Å². The van der Waals surface area contributed by atoms with Crippen LogP contribution in [-0.2, 0) is 5.34 Å². The van der Waals surface area contributed by atoms with Crippen LogP contribution in [0.5, 0.6) is 11.5 Å². The molecular weight excluding hydrogens is 456 g/mol. The van der Waals surface area contributed by atoms with E-state index in [9.17, 15) is 0 Å². The fourth-order valence-corrected chi connectivity index (χ4v) is 6.99. The first-order chi connectivity index (χ1) is 17.8. The third-order valence-corrected chi connectivity index (χ3v) is 9.24. The Morgan fingerprint density at radius 3 is 2.35 bits per heavy atom. The molecule has 2 heterocycles. The van der Waals surface area contributed by atoms with Gasteiger partial charge in [-0.25, -0.2) is 0 Å². The SMILES string of the molecule is [B]C([B])(c1ccc(OC)c(OC)c1)N1CCN(C2CC3(CCNCC3)C2)C(c2ccccc2C(C)C)C1. The molecule has 1 unspecified atom stereocenters. The number of nitrogens with zero attached hydrogens (tertiary/aromatic N) is 2. The highest BCUT2D eigenvalue weighted by molar-refractivity contribution is 6.39. The normalized spacial score (nSPS) is 23.2. The summed E-state index contributed by atoms with van der Waals surface area (Å²) < 4.78 is 11.0. The summed E-state index contributed by atoms with van der Waals surface area (Å²) in [7, 11) is 17.1. The van der Waals surface area contributed by atoms with Crippen LogP contribution >= 0.6 is 0 Å². The highest BCUT2D eigenvalue weighted by Crippen LogP contribution is 2.52. The van der Waals surface area contributed by atoms with E-state index in [0.717, 1.165) is 38.3 Å². The van der Waals surface area contributed by atoms with Crippen LogP contribution in [-0.4, -0.2) is 78.5 Å². The average molecular weight is 497 g/mol. The molecule has 3 aliphatic rings. The highest BCUT2D eigenvalue weighted by Gasteiger charge is 2.49. The molecule has 2 aliphatic heterocycles. The van der Waals surface area contributed by atoms with Crippen LogP contribution in [0.25, 0.3) is 0 Å². The Balaban J connectivity index is 1.44. The quantitative estimate of drug-likeness (QED) is 0.582. The van der Waals surface area contributed by atoms with Crippen LogP contribution in [0.3, 0.4) is 0 Å². The number of hydrogen-bond acceptors (Lipinski definition) is 5. The first-order valence-corrected chi connectivity index (χ1v) is 13.9. The summed E-state index contributed by atoms with van der Waals surface area (Å²) in [4.78, 5) is 5.03. The smallest absolute Gasteiger partial charge is 0.160 e. The molecule has 7 heteroatoms. The molecule has 2 aromatic rings. The minimum atomic E-state index is -1.12. The zero-order chi connectivity index (χ0) is 26.2. The van der Waals surface area contributed by atoms with Gasteiger partial charge in [-0.05, 0) is 84.3 Å². The van der Waals surface area contributed by atoms with Crippen LogP contribution in [0.15, 0.2) is 42.5 Å². The van der Waals surface area contributed by atoms with E-state index in [2.05, 4.69) is 53.2 Å². The number of ether oxygens (including phenoxy) is 2. The monoisotopic (exact) mass is 497 g/mol. The summed E-state index contributed by atoms with van der Waals surface area (Å²) in [5.74, 6) is 1.77. The molecule has 1 spiro atoms. The number of piperazine rings is 1. The average Bonchev–Trinajstić information content (AvgIpc) is 2.91. The van der Waals surface area contributed by atoms with Gasteiger partial charge in [-0.2, -0.15) is 0 Å². The molecule has 0 amide bonds. The van der Waals surface area contributed by atoms with E-state index in [1.54, 1.807) is 14.2 Å². The molecule has 1 saturated carbocycles. The minimum absolute atomic E-state index is 0.253. The molecule has 37 heavy (non-hydrogen) atoms. The Bertz CT molecular complexity index is 1080. The molecular formula is C30H41B2N3O2. The van der Waals surface area contributed by atoms with Crippen LogP contribution in [0.4, 0.5) is 0 Å². The molecule has 1 atom stereocenters. The predicted molar refractivity (Wildman–Crippen MR) is 152 cm³/mol. The molecule has 2 saturated heterocycles. The van der Waals surface area contributed by atoms with Crippen molar-refractivity contribution in [1.82, 2.24) is 15.1 Å². The topological polar surface area (TPSA) is 37.0 Å². The van der Waals surface area contributed by atoms with Crippen molar-refractivity contribution in [1.29, 1.82) is 0 Å². The summed E-state index contributed by atoms with van der Waals surface area (Å²) >= 11 is 0. The van der Waals surface area contributed by atoms with Gasteiger partial charge in [-0.15, -0.1) is 0 Å². The lowest BCUT2D eigenvalue weighted by Crippen LogP contribution is -2.62. The number of piperidine rings is 1. The molecule has 5 rings (SSSR count). The fraction of sp³-hybridized carbons (Fsp3) is 0.600. The number of benzene rings is 2. The van der Waals surface area contributed by atoms with E-state index in [1.807, 2.05) is 18.2 Å². The lowest BCUT2D eigenvalue weighted by molar-refractivity contribution is -0.0683. The van der Waals surface area contributed by atoms with Gasteiger partial charge in [0.2, 0.25) is 0 Å². The highest BCUT2D eigenvalue weighted by atomic mass is 16.5. The Morgan fingerprint density at radius 2 is 1.68 bits per heavy atom. The van der Waals surface area contributed by atoms with Gasteiger partial charge < -0.3 is 19.7 Å². The molecule has 0 aromatic heterocycles. The largest absolute Gasteiger partial charge is 0.493 e. The van der Waals surface area contributed by atoms with Gasteiger partial charge in [0.1, 0.15) is 0 Å². The fourth-order valence-electron chi connectivity index (χ4n) is 6.99. The van der Waals surface area contributed by atoms with Gasteiger partial charge in [0.05, 0.1) is 29.9 Å². The standard InChI is InChI=1S/C30H41B2N3O2/c1-21(2)24-7-5-6-8-25(24)26-20-34(30(31,32)22-9-10-27(36-3)28(17-22)37-4)15-16-35(26)23-18-29(19-23)11-13-33-14-12-29/h5-10,17,21,23,26,33H,11-16,18-20H2,1-4H3. The van der Waals surface area contributed by atoms with Gasteiger partial charge in [-0.1, -0.05) is 44.2 Å². The molecule has 1 N–H and O–H groups in total. The summed E-state index contributed by atoms with van der Waals surface area (Å²) in [5, 5.41) is 2.43. The van der Waals surface area contributed by atoms with Gasteiger partial charge in [0, 0.05) is 31.7 Å². The molecule has 5 nitrogen and oxygen atoms in total.